The van der Waals surface area contributed by atoms with E-state index in [1.54, 1.807) is 19.1 Å². The number of hydrogen-bond donors (Lipinski definition) is 1. The van der Waals surface area contributed by atoms with Crippen LogP contribution in [0.25, 0.3) is 0 Å². The van der Waals surface area contributed by atoms with E-state index in [4.69, 9.17) is 9.47 Å². The number of carbonyl (C=O) groups is 1. The molecule has 2 aromatic rings. The van der Waals surface area contributed by atoms with E-state index in [0.717, 1.165) is 16.5 Å². The van der Waals surface area contributed by atoms with Crippen LogP contribution in [0, 0.1) is 5.92 Å². The fourth-order valence-electron chi connectivity index (χ4n) is 3.41. The molecule has 2 atom stereocenters. The monoisotopic (exact) mass is 433 g/mol. The van der Waals surface area contributed by atoms with Crippen molar-refractivity contribution >= 4 is 21.8 Å². The van der Waals surface area contributed by atoms with Gasteiger partial charge in [-0.05, 0) is 48.2 Å². The van der Waals surface area contributed by atoms with Crippen LogP contribution in [0.15, 0.2) is 46.9 Å². The molecule has 27 heavy (non-hydrogen) atoms. The van der Waals surface area contributed by atoms with Gasteiger partial charge in [0, 0.05) is 29.0 Å². The van der Waals surface area contributed by atoms with Crippen molar-refractivity contribution in [3.8, 4) is 11.5 Å². The van der Waals surface area contributed by atoms with Gasteiger partial charge in [-0.2, -0.15) is 0 Å². The first-order chi connectivity index (χ1) is 13.1. The Bertz CT molecular complexity index is 811. The van der Waals surface area contributed by atoms with Crippen LogP contribution in [-0.4, -0.2) is 43.3 Å². The van der Waals surface area contributed by atoms with Crippen LogP contribution in [0.4, 0.5) is 0 Å². The molecular weight excluding hydrogens is 410 g/mol. The van der Waals surface area contributed by atoms with Crippen molar-refractivity contribution in [1.29, 1.82) is 0 Å². The molecule has 0 aromatic heterocycles. The second-order valence-electron chi connectivity index (χ2n) is 6.66. The van der Waals surface area contributed by atoms with Crippen molar-refractivity contribution in [2.45, 2.75) is 18.9 Å². The molecule has 144 valence electrons. The van der Waals surface area contributed by atoms with Gasteiger partial charge in [0.05, 0.1) is 20.8 Å². The summed E-state index contributed by atoms with van der Waals surface area (Å²) in [7, 11) is 3.21. The van der Waals surface area contributed by atoms with Crippen LogP contribution < -0.4 is 9.47 Å². The number of halogens is 1. The summed E-state index contributed by atoms with van der Waals surface area (Å²) in [5, 5.41) is 9.46. The quantitative estimate of drug-likeness (QED) is 0.690. The number of benzene rings is 2. The largest absolute Gasteiger partial charge is 0.497 e. The minimum absolute atomic E-state index is 0.0394. The van der Waals surface area contributed by atoms with Crippen LogP contribution in [-0.2, 0) is 11.3 Å². The molecule has 0 radical (unpaired) electrons. The number of aliphatic hydroxyl groups is 1. The maximum atomic E-state index is 13.1. The molecule has 2 unspecified atom stereocenters. The topological polar surface area (TPSA) is 59.0 Å². The van der Waals surface area contributed by atoms with E-state index in [-0.39, 0.29) is 24.3 Å². The minimum Gasteiger partial charge on any atom is -0.497 e. The molecule has 1 aliphatic rings. The van der Waals surface area contributed by atoms with Crippen molar-refractivity contribution in [3.05, 3.63) is 58.1 Å². The number of ether oxygens (including phenoxy) is 2. The molecule has 1 aliphatic carbocycles. The van der Waals surface area contributed by atoms with Crippen molar-refractivity contribution in [2.24, 2.45) is 5.92 Å². The first kappa shape index (κ1) is 19.7. The molecule has 1 saturated carbocycles. The third kappa shape index (κ3) is 4.62. The number of amides is 1. The lowest BCUT2D eigenvalue weighted by Crippen LogP contribution is -2.34. The van der Waals surface area contributed by atoms with Crippen molar-refractivity contribution in [2.75, 3.05) is 27.4 Å². The average Bonchev–Trinajstić information content (AvgIpc) is 3.48. The zero-order valence-corrected chi connectivity index (χ0v) is 17.1. The summed E-state index contributed by atoms with van der Waals surface area (Å²) in [6.07, 6.45) is 0.840. The molecule has 2 aromatic carbocycles. The van der Waals surface area contributed by atoms with Crippen LogP contribution in [0.1, 0.15) is 23.5 Å². The molecule has 0 heterocycles. The van der Waals surface area contributed by atoms with Gasteiger partial charge in [-0.1, -0.05) is 28.1 Å². The first-order valence-electron chi connectivity index (χ1n) is 8.93. The molecule has 5 nitrogen and oxygen atoms in total. The van der Waals surface area contributed by atoms with Gasteiger partial charge in [0.25, 0.3) is 0 Å². The number of aliphatic hydroxyl groups excluding tert-OH is 1. The molecule has 3 rings (SSSR count). The zero-order chi connectivity index (χ0) is 19.4. The number of rotatable bonds is 8. The standard InChI is InChI=1S/C21H24BrNO4/c1-26-17-6-7-20(27-2)15(11-17)13-23(8-9-24)21(25)19-12-18(19)14-4-3-5-16(22)10-14/h3-7,10-11,18-19,24H,8-9,12-13H2,1-2H3. The predicted molar refractivity (Wildman–Crippen MR) is 107 cm³/mol. The molecule has 1 amide bonds. The van der Waals surface area contributed by atoms with Crippen molar-refractivity contribution in [1.82, 2.24) is 4.90 Å². The molecule has 1 fully saturated rings. The molecule has 0 saturated heterocycles. The third-order valence-electron chi connectivity index (χ3n) is 4.91. The first-order valence-corrected chi connectivity index (χ1v) is 9.72. The lowest BCUT2D eigenvalue weighted by Gasteiger charge is -2.23. The van der Waals surface area contributed by atoms with E-state index >= 15 is 0 Å². The van der Waals surface area contributed by atoms with E-state index in [1.165, 1.54) is 5.56 Å². The smallest absolute Gasteiger partial charge is 0.226 e. The van der Waals surface area contributed by atoms with Gasteiger partial charge in [0.1, 0.15) is 11.5 Å². The highest BCUT2D eigenvalue weighted by Crippen LogP contribution is 2.49. The van der Waals surface area contributed by atoms with Gasteiger partial charge in [-0.3, -0.25) is 4.79 Å². The Morgan fingerprint density at radius 3 is 2.70 bits per heavy atom. The Morgan fingerprint density at radius 1 is 1.22 bits per heavy atom. The molecule has 0 aliphatic heterocycles. The van der Waals surface area contributed by atoms with Crippen LogP contribution >= 0.6 is 15.9 Å². The van der Waals surface area contributed by atoms with E-state index in [9.17, 15) is 9.90 Å². The maximum absolute atomic E-state index is 13.1. The highest BCUT2D eigenvalue weighted by atomic mass is 79.9. The van der Waals surface area contributed by atoms with E-state index in [2.05, 4.69) is 28.1 Å². The summed E-state index contributed by atoms with van der Waals surface area (Å²) in [4.78, 5) is 14.8. The van der Waals surface area contributed by atoms with Crippen molar-refractivity contribution < 1.29 is 19.4 Å². The Labute approximate surface area is 168 Å². The number of hydrogen-bond acceptors (Lipinski definition) is 4. The lowest BCUT2D eigenvalue weighted by atomic mass is 10.1. The number of carbonyl (C=O) groups excluding carboxylic acids is 1. The Balaban J connectivity index is 1.75. The van der Waals surface area contributed by atoms with Crippen LogP contribution in [0.2, 0.25) is 0 Å². The van der Waals surface area contributed by atoms with Crippen LogP contribution in [0.3, 0.4) is 0 Å². The average molecular weight is 434 g/mol. The van der Waals surface area contributed by atoms with Gasteiger partial charge >= 0.3 is 0 Å². The number of nitrogens with zero attached hydrogens (tertiary/aromatic N) is 1. The summed E-state index contributed by atoms with van der Waals surface area (Å²) < 4.78 is 11.7. The summed E-state index contributed by atoms with van der Waals surface area (Å²) >= 11 is 3.49. The van der Waals surface area contributed by atoms with Crippen LogP contribution in [0.5, 0.6) is 11.5 Å². The Morgan fingerprint density at radius 2 is 2.04 bits per heavy atom. The maximum Gasteiger partial charge on any atom is 0.226 e. The zero-order valence-electron chi connectivity index (χ0n) is 15.5. The normalized spacial score (nSPS) is 18.1. The van der Waals surface area contributed by atoms with E-state index < -0.39 is 0 Å². The fourth-order valence-corrected chi connectivity index (χ4v) is 3.82. The molecule has 0 bridgehead atoms. The van der Waals surface area contributed by atoms with Crippen molar-refractivity contribution in [3.63, 3.8) is 0 Å². The second-order valence-corrected chi connectivity index (χ2v) is 7.58. The molecular formula is C21H24BrNO4. The number of methoxy groups -OCH3 is 2. The summed E-state index contributed by atoms with van der Waals surface area (Å²) in [6, 6.07) is 13.6. The second kappa shape index (κ2) is 8.76. The predicted octanol–water partition coefficient (Wildman–Crippen LogP) is 3.59. The molecule has 6 heteroatoms. The Hall–Kier alpha value is -2.05. The Kier molecular flexibility index (Phi) is 6.39. The molecule has 1 N–H and O–H groups in total. The fraction of sp³-hybridized carbons (Fsp3) is 0.381. The minimum atomic E-state index is -0.0771. The van der Waals surface area contributed by atoms with Gasteiger partial charge in [0.2, 0.25) is 5.91 Å². The summed E-state index contributed by atoms with van der Waals surface area (Å²) in [6.45, 7) is 0.592. The molecule has 0 spiro atoms. The van der Waals surface area contributed by atoms with E-state index in [1.807, 2.05) is 30.3 Å². The highest BCUT2D eigenvalue weighted by Gasteiger charge is 2.45. The van der Waals surface area contributed by atoms with E-state index in [0.29, 0.717) is 24.6 Å². The van der Waals surface area contributed by atoms with Gasteiger partial charge < -0.3 is 19.5 Å². The third-order valence-corrected chi connectivity index (χ3v) is 5.41. The summed E-state index contributed by atoms with van der Waals surface area (Å²) in [5.41, 5.74) is 2.03. The summed E-state index contributed by atoms with van der Waals surface area (Å²) in [5.74, 6) is 1.68. The lowest BCUT2D eigenvalue weighted by molar-refractivity contribution is -0.133. The van der Waals surface area contributed by atoms with Gasteiger partial charge in [0.15, 0.2) is 0 Å². The van der Waals surface area contributed by atoms with Gasteiger partial charge in [-0.15, -0.1) is 0 Å². The SMILES string of the molecule is COc1ccc(OC)c(CN(CCO)C(=O)C2CC2c2cccc(Br)c2)c1. The van der Waals surface area contributed by atoms with Gasteiger partial charge in [-0.25, -0.2) is 0 Å². The highest BCUT2D eigenvalue weighted by molar-refractivity contribution is 9.10.